The molecule has 3 aromatic rings. The van der Waals surface area contributed by atoms with Gasteiger partial charge < -0.3 is 39.4 Å². The van der Waals surface area contributed by atoms with E-state index in [-0.39, 0.29) is 19.2 Å². The van der Waals surface area contributed by atoms with Crippen LogP contribution in [0.1, 0.15) is 18.5 Å². The molecule has 240 valence electrons. The van der Waals surface area contributed by atoms with Crippen molar-refractivity contribution < 1.29 is 32.5 Å². The lowest BCUT2D eigenvalue weighted by Crippen LogP contribution is -2.40. The summed E-state index contributed by atoms with van der Waals surface area (Å²) in [4.78, 5) is 3.41. The summed E-state index contributed by atoms with van der Waals surface area (Å²) in [5, 5.41) is 16.2. The number of ether oxygens (including phenoxy) is 3. The third kappa shape index (κ3) is 9.97. The summed E-state index contributed by atoms with van der Waals surface area (Å²) in [5.74, 6) is 6.64. The summed E-state index contributed by atoms with van der Waals surface area (Å²) in [6, 6.07) is 13.2. The molecule has 0 spiro atoms. The van der Waals surface area contributed by atoms with Crippen LogP contribution in [0.25, 0.3) is 10.9 Å². The Labute approximate surface area is 261 Å². The molecule has 44 heavy (non-hydrogen) atoms. The number of piperidine rings is 1. The molecule has 1 saturated heterocycles. The van der Waals surface area contributed by atoms with Crippen LogP contribution in [0.15, 0.2) is 47.4 Å². The van der Waals surface area contributed by atoms with Crippen LogP contribution in [0.5, 0.6) is 5.75 Å². The van der Waals surface area contributed by atoms with Crippen LogP contribution >= 0.6 is 11.8 Å². The van der Waals surface area contributed by atoms with Gasteiger partial charge in [-0.3, -0.25) is 0 Å². The maximum atomic E-state index is 13.6. The lowest BCUT2D eigenvalue weighted by Gasteiger charge is -2.32. The third-order valence-electron chi connectivity index (χ3n) is 7.38. The van der Waals surface area contributed by atoms with Gasteiger partial charge in [0.05, 0.1) is 63.6 Å². The van der Waals surface area contributed by atoms with E-state index in [1.807, 2.05) is 30.5 Å². The summed E-state index contributed by atoms with van der Waals surface area (Å²) >= 11 is 1.61. The van der Waals surface area contributed by atoms with Gasteiger partial charge in [0.15, 0.2) is 0 Å². The minimum Gasteiger partial charge on any atom is -0.495 e. The molecule has 2 heterocycles. The number of likely N-dealkylation sites (tertiary alicyclic amines) is 1. The summed E-state index contributed by atoms with van der Waals surface area (Å²) < 4.78 is 58.4. The quantitative estimate of drug-likeness (QED) is 0.118. The molecule has 0 aliphatic carbocycles. The maximum absolute atomic E-state index is 13.6. The lowest BCUT2D eigenvalue weighted by atomic mass is 10.0. The standard InChI is InChI=1S/C32H41F3N4O4S/c1-41-31-22-26(44-2)8-9-29(31)36-12-4-5-25-21-27-28(6-3-7-30(27)39(25)23-32(33,34)35)37-24-10-13-38(14-11-24)15-17-42-19-20-43-18-16-40/h3,6-9,21-22,24,36-37,40H,10-20,23H2,1-2H3. The summed E-state index contributed by atoms with van der Waals surface area (Å²) in [6.45, 7) is 3.68. The van der Waals surface area contributed by atoms with Crippen LogP contribution in [0.2, 0.25) is 0 Å². The van der Waals surface area contributed by atoms with E-state index in [2.05, 4.69) is 27.4 Å². The number of nitrogens with one attached hydrogen (secondary N) is 2. The first kappa shape index (κ1) is 33.8. The third-order valence-corrected chi connectivity index (χ3v) is 8.11. The van der Waals surface area contributed by atoms with Crippen LogP contribution in [-0.4, -0.2) is 99.4 Å². The highest BCUT2D eigenvalue weighted by molar-refractivity contribution is 7.98. The zero-order valence-corrected chi connectivity index (χ0v) is 26.0. The molecule has 8 nitrogen and oxygen atoms in total. The van der Waals surface area contributed by atoms with Crippen molar-refractivity contribution in [2.75, 3.05) is 83.2 Å². The number of fused-ring (bicyclic) bond motifs is 1. The van der Waals surface area contributed by atoms with Gasteiger partial charge in [-0.1, -0.05) is 12.0 Å². The SMILES string of the molecule is COc1cc(SC)ccc1NCC#Cc1cc2c(NC3CCN(CCOCCOCCO)CC3)cccc2n1CC(F)(F)F. The molecule has 4 rings (SSSR count). The normalized spacial score (nSPS) is 14.4. The Hall–Kier alpha value is -3.08. The van der Waals surface area contributed by atoms with Gasteiger partial charge in [-0.05, 0) is 61.4 Å². The van der Waals surface area contributed by atoms with Crippen LogP contribution in [0, 0.1) is 11.8 Å². The number of nitrogens with zero attached hydrogens (tertiary/aromatic N) is 2. The molecular weight excluding hydrogens is 593 g/mol. The molecule has 1 aliphatic heterocycles. The van der Waals surface area contributed by atoms with E-state index in [1.54, 1.807) is 37.1 Å². The summed E-state index contributed by atoms with van der Waals surface area (Å²) in [7, 11) is 1.59. The van der Waals surface area contributed by atoms with Gasteiger partial charge in [-0.15, -0.1) is 11.8 Å². The monoisotopic (exact) mass is 634 g/mol. The number of halogens is 3. The maximum Gasteiger partial charge on any atom is 0.406 e. The second-order valence-corrected chi connectivity index (χ2v) is 11.3. The van der Waals surface area contributed by atoms with E-state index < -0.39 is 12.7 Å². The number of aromatic nitrogens is 1. The van der Waals surface area contributed by atoms with Crippen LogP contribution in [0.3, 0.4) is 0 Å². The number of methoxy groups -OCH3 is 1. The molecule has 1 aromatic heterocycles. The van der Waals surface area contributed by atoms with Crippen molar-refractivity contribution >= 4 is 34.0 Å². The summed E-state index contributed by atoms with van der Waals surface area (Å²) in [5.41, 5.74) is 2.39. The molecule has 0 unspecified atom stereocenters. The number of aliphatic hydroxyl groups is 1. The Bertz CT molecular complexity index is 1400. The first-order chi connectivity index (χ1) is 21.3. The molecule has 1 aliphatic rings. The molecule has 3 N–H and O–H groups in total. The zero-order chi connectivity index (χ0) is 31.4. The first-order valence-electron chi connectivity index (χ1n) is 14.7. The van der Waals surface area contributed by atoms with Crippen molar-refractivity contribution in [2.24, 2.45) is 0 Å². The number of aliphatic hydroxyl groups excluding tert-OH is 1. The molecule has 1 fully saturated rings. The Morgan fingerprint density at radius 1 is 1.02 bits per heavy atom. The first-order valence-corrected chi connectivity index (χ1v) is 15.9. The fourth-order valence-electron chi connectivity index (χ4n) is 5.18. The predicted octanol–water partition coefficient (Wildman–Crippen LogP) is 5.30. The Balaban J connectivity index is 1.40. The van der Waals surface area contributed by atoms with Gasteiger partial charge in [-0.25, -0.2) is 0 Å². The number of anilines is 2. The average Bonchev–Trinajstić information content (AvgIpc) is 3.36. The average molecular weight is 635 g/mol. The van der Waals surface area contributed by atoms with Crippen molar-refractivity contribution in [1.82, 2.24) is 9.47 Å². The Kier molecular flexibility index (Phi) is 12.9. The molecule has 0 radical (unpaired) electrons. The topological polar surface area (TPSA) is 80.2 Å². The van der Waals surface area contributed by atoms with Gasteiger partial charge in [0, 0.05) is 41.6 Å². The Morgan fingerprint density at radius 3 is 2.50 bits per heavy atom. The zero-order valence-electron chi connectivity index (χ0n) is 25.2. The minimum absolute atomic E-state index is 0.00864. The van der Waals surface area contributed by atoms with Crippen molar-refractivity contribution in [1.29, 1.82) is 0 Å². The van der Waals surface area contributed by atoms with Gasteiger partial charge in [0.1, 0.15) is 12.3 Å². The second-order valence-electron chi connectivity index (χ2n) is 10.4. The van der Waals surface area contributed by atoms with E-state index in [0.717, 1.165) is 54.1 Å². The Morgan fingerprint density at radius 2 is 1.80 bits per heavy atom. The van der Waals surface area contributed by atoms with Crippen molar-refractivity contribution in [3.63, 3.8) is 0 Å². The minimum atomic E-state index is -4.39. The highest BCUT2D eigenvalue weighted by atomic mass is 32.2. The fraction of sp³-hybridized carbons (Fsp3) is 0.500. The van der Waals surface area contributed by atoms with Gasteiger partial charge in [-0.2, -0.15) is 13.2 Å². The predicted molar refractivity (Wildman–Crippen MR) is 170 cm³/mol. The van der Waals surface area contributed by atoms with Crippen LogP contribution in [0.4, 0.5) is 24.5 Å². The molecule has 0 saturated carbocycles. The van der Waals surface area contributed by atoms with Gasteiger partial charge >= 0.3 is 6.18 Å². The van der Waals surface area contributed by atoms with Crippen LogP contribution < -0.4 is 15.4 Å². The van der Waals surface area contributed by atoms with E-state index in [1.165, 1.54) is 4.57 Å². The molecule has 0 amide bonds. The highest BCUT2D eigenvalue weighted by Crippen LogP contribution is 2.32. The number of hydrogen-bond donors (Lipinski definition) is 3. The largest absolute Gasteiger partial charge is 0.495 e. The molecule has 0 bridgehead atoms. The smallest absolute Gasteiger partial charge is 0.406 e. The van der Waals surface area contributed by atoms with E-state index in [0.29, 0.717) is 43.4 Å². The van der Waals surface area contributed by atoms with Crippen molar-refractivity contribution in [2.45, 2.75) is 36.5 Å². The summed E-state index contributed by atoms with van der Waals surface area (Å²) in [6.07, 6.45) is -0.575. The van der Waals surface area contributed by atoms with Crippen molar-refractivity contribution in [3.05, 3.63) is 48.2 Å². The highest BCUT2D eigenvalue weighted by Gasteiger charge is 2.30. The van der Waals surface area contributed by atoms with E-state index in [4.69, 9.17) is 19.3 Å². The van der Waals surface area contributed by atoms with Crippen LogP contribution in [-0.2, 0) is 16.0 Å². The fourth-order valence-corrected chi connectivity index (χ4v) is 5.61. The van der Waals surface area contributed by atoms with E-state index in [9.17, 15) is 13.2 Å². The molecular formula is C32H41F3N4O4S. The number of rotatable bonds is 15. The molecule has 12 heteroatoms. The molecule has 0 atom stereocenters. The van der Waals surface area contributed by atoms with E-state index >= 15 is 0 Å². The van der Waals surface area contributed by atoms with Gasteiger partial charge in [0.25, 0.3) is 0 Å². The van der Waals surface area contributed by atoms with Crippen molar-refractivity contribution in [3.8, 4) is 17.6 Å². The number of alkyl halides is 3. The number of thioether (sulfide) groups is 1. The number of benzene rings is 2. The number of hydrogen-bond acceptors (Lipinski definition) is 8. The lowest BCUT2D eigenvalue weighted by molar-refractivity contribution is -0.140. The second kappa shape index (κ2) is 16.8. The molecule has 2 aromatic carbocycles. The van der Waals surface area contributed by atoms with Gasteiger partial charge in [0.2, 0.25) is 0 Å².